The number of methoxy groups -OCH3 is 1. The summed E-state index contributed by atoms with van der Waals surface area (Å²) in [4.78, 5) is 14.0. The Labute approximate surface area is 171 Å². The van der Waals surface area contributed by atoms with Crippen LogP contribution in [0.15, 0.2) is 65.6 Å². The molecule has 28 heavy (non-hydrogen) atoms. The van der Waals surface area contributed by atoms with Crippen molar-refractivity contribution in [2.75, 3.05) is 12.4 Å². The van der Waals surface area contributed by atoms with Gasteiger partial charge in [0.25, 0.3) is 5.91 Å². The van der Waals surface area contributed by atoms with Crippen LogP contribution in [0, 0.1) is 20.8 Å². The highest BCUT2D eigenvalue weighted by molar-refractivity contribution is 7.98. The molecule has 0 bridgehead atoms. The second kappa shape index (κ2) is 8.98. The predicted molar refractivity (Wildman–Crippen MR) is 118 cm³/mol. The topological polar surface area (TPSA) is 38.3 Å². The Bertz CT molecular complexity index is 980. The number of anilines is 1. The largest absolute Gasteiger partial charge is 0.496 e. The van der Waals surface area contributed by atoms with Gasteiger partial charge in [0, 0.05) is 27.5 Å². The number of hydrogen-bond donors (Lipinski definition) is 1. The number of nitrogens with one attached hydrogen (secondary N) is 1. The third-order valence-corrected chi connectivity index (χ3v) is 5.87. The summed E-state index contributed by atoms with van der Waals surface area (Å²) in [6, 6.07) is 19.9. The van der Waals surface area contributed by atoms with Crippen LogP contribution in [0.4, 0.5) is 5.69 Å². The molecule has 3 nitrogen and oxygen atoms in total. The molecular formula is C24H25NO2S. The zero-order valence-corrected chi connectivity index (χ0v) is 17.5. The summed E-state index contributed by atoms with van der Waals surface area (Å²) in [6.07, 6.45) is 0. The minimum absolute atomic E-state index is 0.113. The van der Waals surface area contributed by atoms with Gasteiger partial charge in [-0.15, -0.1) is 11.8 Å². The first-order valence-electron chi connectivity index (χ1n) is 9.22. The molecule has 0 saturated heterocycles. The molecule has 144 valence electrons. The van der Waals surface area contributed by atoms with E-state index in [1.54, 1.807) is 24.9 Å². The molecule has 0 aliphatic carbocycles. The lowest BCUT2D eigenvalue weighted by atomic mass is 10.1. The molecule has 3 aromatic rings. The van der Waals surface area contributed by atoms with E-state index in [2.05, 4.69) is 36.5 Å². The van der Waals surface area contributed by atoms with Crippen LogP contribution in [0.25, 0.3) is 0 Å². The van der Waals surface area contributed by atoms with Gasteiger partial charge in [-0.25, -0.2) is 0 Å². The van der Waals surface area contributed by atoms with Crippen LogP contribution in [0.3, 0.4) is 0 Å². The van der Waals surface area contributed by atoms with Gasteiger partial charge in [0.05, 0.1) is 7.11 Å². The molecule has 3 rings (SSSR count). The number of aryl methyl sites for hydroxylation is 2. The molecular weight excluding hydrogens is 366 g/mol. The number of carbonyl (C=O) groups is 1. The van der Waals surface area contributed by atoms with Crippen LogP contribution in [0.1, 0.15) is 32.6 Å². The molecule has 3 aromatic carbocycles. The maximum atomic E-state index is 12.8. The highest BCUT2D eigenvalue weighted by Crippen LogP contribution is 2.29. The van der Waals surface area contributed by atoms with Crippen molar-refractivity contribution in [1.29, 1.82) is 0 Å². The van der Waals surface area contributed by atoms with Gasteiger partial charge >= 0.3 is 0 Å². The van der Waals surface area contributed by atoms with E-state index in [0.29, 0.717) is 5.56 Å². The molecule has 0 spiro atoms. The molecule has 0 atom stereocenters. The Kier molecular flexibility index (Phi) is 6.42. The summed E-state index contributed by atoms with van der Waals surface area (Å²) in [5.41, 5.74) is 5.95. The van der Waals surface area contributed by atoms with Gasteiger partial charge < -0.3 is 10.1 Å². The van der Waals surface area contributed by atoms with Crippen LogP contribution in [0.2, 0.25) is 0 Å². The van der Waals surface area contributed by atoms with Gasteiger partial charge in [0.2, 0.25) is 0 Å². The van der Waals surface area contributed by atoms with Gasteiger partial charge in [0.15, 0.2) is 0 Å². The number of amides is 1. The number of rotatable bonds is 6. The number of hydrogen-bond acceptors (Lipinski definition) is 3. The first kappa shape index (κ1) is 20.0. The van der Waals surface area contributed by atoms with Crippen LogP contribution in [-0.2, 0) is 5.75 Å². The summed E-state index contributed by atoms with van der Waals surface area (Å²) in [5.74, 6) is 1.41. The maximum absolute atomic E-state index is 12.8. The van der Waals surface area contributed by atoms with Crippen LogP contribution < -0.4 is 10.1 Å². The third kappa shape index (κ3) is 4.76. The fourth-order valence-electron chi connectivity index (χ4n) is 2.91. The van der Waals surface area contributed by atoms with E-state index >= 15 is 0 Å². The summed E-state index contributed by atoms with van der Waals surface area (Å²) in [7, 11) is 1.66. The van der Waals surface area contributed by atoms with E-state index in [-0.39, 0.29) is 5.91 Å². The van der Waals surface area contributed by atoms with E-state index in [1.165, 1.54) is 10.5 Å². The smallest absolute Gasteiger partial charge is 0.255 e. The zero-order chi connectivity index (χ0) is 20.1. The van der Waals surface area contributed by atoms with Gasteiger partial charge in [-0.3, -0.25) is 4.79 Å². The molecule has 0 aliphatic rings. The molecule has 4 heteroatoms. The van der Waals surface area contributed by atoms with Crippen molar-refractivity contribution < 1.29 is 9.53 Å². The number of ether oxygens (including phenoxy) is 1. The Hall–Kier alpha value is -2.72. The second-order valence-corrected chi connectivity index (χ2v) is 7.88. The summed E-state index contributed by atoms with van der Waals surface area (Å²) >= 11 is 1.73. The Balaban J connectivity index is 1.78. The zero-order valence-electron chi connectivity index (χ0n) is 16.7. The minimum Gasteiger partial charge on any atom is -0.496 e. The average molecular weight is 392 g/mol. The Morgan fingerprint density at radius 1 is 1.00 bits per heavy atom. The molecule has 0 heterocycles. The maximum Gasteiger partial charge on any atom is 0.255 e. The second-order valence-electron chi connectivity index (χ2n) is 6.83. The highest BCUT2D eigenvalue weighted by atomic mass is 32.2. The van der Waals surface area contributed by atoms with Crippen LogP contribution in [0.5, 0.6) is 5.75 Å². The average Bonchev–Trinajstić information content (AvgIpc) is 2.70. The predicted octanol–water partition coefficient (Wildman–Crippen LogP) is 6.17. The summed E-state index contributed by atoms with van der Waals surface area (Å²) < 4.78 is 5.50. The quantitative estimate of drug-likeness (QED) is 0.511. The lowest BCUT2D eigenvalue weighted by Gasteiger charge is -2.13. The van der Waals surface area contributed by atoms with E-state index in [9.17, 15) is 4.79 Å². The molecule has 0 aliphatic heterocycles. The van der Waals surface area contributed by atoms with Crippen LogP contribution >= 0.6 is 11.8 Å². The normalized spacial score (nSPS) is 10.6. The third-order valence-electron chi connectivity index (χ3n) is 4.81. The van der Waals surface area contributed by atoms with E-state index in [4.69, 9.17) is 4.74 Å². The lowest BCUT2D eigenvalue weighted by molar-refractivity contribution is 0.102. The highest BCUT2D eigenvalue weighted by Gasteiger charge is 2.12. The van der Waals surface area contributed by atoms with Crippen molar-refractivity contribution in [3.63, 3.8) is 0 Å². The van der Waals surface area contributed by atoms with Gasteiger partial charge in [-0.1, -0.05) is 29.8 Å². The van der Waals surface area contributed by atoms with Crippen molar-refractivity contribution in [2.24, 2.45) is 0 Å². The van der Waals surface area contributed by atoms with Crippen molar-refractivity contribution in [3.05, 3.63) is 88.5 Å². The standard InChI is InChI=1S/C24H25NO2S/c1-16-8-11-21(12-9-16)28-15-20-14-19(10-13-23(20)27-4)24(26)25-22-7-5-6-17(2)18(22)3/h5-14H,15H2,1-4H3,(H,25,26). The van der Waals surface area contributed by atoms with E-state index < -0.39 is 0 Å². The number of carbonyl (C=O) groups excluding carboxylic acids is 1. The number of benzene rings is 3. The molecule has 0 fully saturated rings. The van der Waals surface area contributed by atoms with Crippen molar-refractivity contribution in [2.45, 2.75) is 31.4 Å². The molecule has 0 aromatic heterocycles. The molecule has 1 N–H and O–H groups in total. The van der Waals surface area contributed by atoms with Crippen molar-refractivity contribution in [1.82, 2.24) is 0 Å². The van der Waals surface area contributed by atoms with Gasteiger partial charge in [-0.2, -0.15) is 0 Å². The van der Waals surface area contributed by atoms with Gasteiger partial charge in [-0.05, 0) is 68.3 Å². The Morgan fingerprint density at radius 2 is 1.75 bits per heavy atom. The molecule has 1 amide bonds. The van der Waals surface area contributed by atoms with E-state index in [0.717, 1.165) is 33.9 Å². The summed E-state index contributed by atoms with van der Waals surface area (Å²) in [5, 5.41) is 3.03. The Morgan fingerprint density at radius 3 is 2.46 bits per heavy atom. The van der Waals surface area contributed by atoms with Crippen molar-refractivity contribution in [3.8, 4) is 5.75 Å². The fourth-order valence-corrected chi connectivity index (χ4v) is 3.79. The summed E-state index contributed by atoms with van der Waals surface area (Å²) in [6.45, 7) is 6.14. The first-order chi connectivity index (χ1) is 13.5. The van der Waals surface area contributed by atoms with Crippen molar-refractivity contribution >= 4 is 23.4 Å². The monoisotopic (exact) mass is 391 g/mol. The molecule has 0 saturated carbocycles. The first-order valence-corrected chi connectivity index (χ1v) is 10.2. The van der Waals surface area contributed by atoms with Gasteiger partial charge in [0.1, 0.15) is 5.75 Å². The van der Waals surface area contributed by atoms with Crippen LogP contribution in [-0.4, -0.2) is 13.0 Å². The lowest BCUT2D eigenvalue weighted by Crippen LogP contribution is -2.13. The SMILES string of the molecule is COc1ccc(C(=O)Nc2cccc(C)c2C)cc1CSc1ccc(C)cc1. The number of thioether (sulfide) groups is 1. The molecule has 0 unspecified atom stereocenters. The molecule has 0 radical (unpaired) electrons. The van der Waals surface area contributed by atoms with E-state index in [1.807, 2.05) is 44.2 Å². The minimum atomic E-state index is -0.113. The fraction of sp³-hybridized carbons (Fsp3) is 0.208.